The monoisotopic (exact) mass is 439 g/mol. The summed E-state index contributed by atoms with van der Waals surface area (Å²) in [6, 6.07) is 10.9. The Kier molecular flexibility index (Phi) is 7.14. The third-order valence-electron chi connectivity index (χ3n) is 4.77. The van der Waals surface area contributed by atoms with Crippen LogP contribution in [0.5, 0.6) is 17.2 Å². The molecule has 0 fully saturated rings. The fourth-order valence-corrected chi connectivity index (χ4v) is 3.19. The number of rotatable bonds is 9. The standard InChI is InChI=1S/C24H25NO7/c1-14(2)10-19(24(28)29)25-22(26)13-31-17-8-9-18-20(12-17)32-21(23(18)27)11-15-4-6-16(30-3)7-5-15/h4-9,11-12,14,19H,10,13H2,1-3H3,(H,25,26)(H,28,29)/t19-/m0/s1. The van der Waals surface area contributed by atoms with Gasteiger partial charge in [-0.05, 0) is 48.2 Å². The molecule has 2 aromatic rings. The number of amides is 1. The normalized spacial score (nSPS) is 14.6. The van der Waals surface area contributed by atoms with Gasteiger partial charge in [-0.2, -0.15) is 0 Å². The Bertz CT molecular complexity index is 1040. The third-order valence-corrected chi connectivity index (χ3v) is 4.77. The summed E-state index contributed by atoms with van der Waals surface area (Å²) in [4.78, 5) is 36.0. The molecule has 0 unspecified atom stereocenters. The van der Waals surface area contributed by atoms with Gasteiger partial charge in [0.25, 0.3) is 5.91 Å². The van der Waals surface area contributed by atoms with Crippen molar-refractivity contribution in [1.29, 1.82) is 0 Å². The lowest BCUT2D eigenvalue weighted by Gasteiger charge is -2.16. The molecule has 0 bridgehead atoms. The van der Waals surface area contributed by atoms with Crippen LogP contribution in [0.2, 0.25) is 0 Å². The maximum absolute atomic E-state index is 12.6. The van der Waals surface area contributed by atoms with E-state index in [4.69, 9.17) is 14.2 Å². The molecule has 168 valence electrons. The van der Waals surface area contributed by atoms with Crippen molar-refractivity contribution in [3.05, 3.63) is 59.4 Å². The van der Waals surface area contributed by atoms with Gasteiger partial charge in [-0.15, -0.1) is 0 Å². The van der Waals surface area contributed by atoms with E-state index in [1.54, 1.807) is 37.5 Å². The number of carbonyl (C=O) groups is 3. The number of nitrogens with one attached hydrogen (secondary N) is 1. The molecule has 1 aliphatic rings. The highest BCUT2D eigenvalue weighted by atomic mass is 16.5. The number of carbonyl (C=O) groups excluding carboxylic acids is 2. The highest BCUT2D eigenvalue weighted by molar-refractivity contribution is 6.14. The first-order chi connectivity index (χ1) is 15.3. The van der Waals surface area contributed by atoms with Crippen molar-refractivity contribution in [2.45, 2.75) is 26.3 Å². The number of allylic oxidation sites excluding steroid dienone is 1. The number of benzene rings is 2. The van der Waals surface area contributed by atoms with Gasteiger partial charge in [0.15, 0.2) is 12.4 Å². The van der Waals surface area contributed by atoms with E-state index in [1.165, 1.54) is 6.07 Å². The van der Waals surface area contributed by atoms with E-state index in [9.17, 15) is 19.5 Å². The van der Waals surface area contributed by atoms with Crippen LogP contribution in [0, 0.1) is 5.92 Å². The van der Waals surface area contributed by atoms with Crippen LogP contribution in [0.15, 0.2) is 48.2 Å². The first-order valence-electron chi connectivity index (χ1n) is 10.1. The molecule has 0 spiro atoms. The molecule has 0 aromatic heterocycles. The molecule has 0 saturated heterocycles. The number of hydrogen-bond acceptors (Lipinski definition) is 6. The van der Waals surface area contributed by atoms with Crippen LogP contribution in [0.25, 0.3) is 6.08 Å². The maximum atomic E-state index is 12.6. The molecular weight excluding hydrogens is 414 g/mol. The summed E-state index contributed by atoms with van der Waals surface area (Å²) in [6.07, 6.45) is 1.95. The number of ether oxygens (including phenoxy) is 3. The van der Waals surface area contributed by atoms with Crippen molar-refractivity contribution in [2.24, 2.45) is 5.92 Å². The Morgan fingerprint density at radius 3 is 2.44 bits per heavy atom. The van der Waals surface area contributed by atoms with E-state index < -0.39 is 17.9 Å². The number of hydrogen-bond donors (Lipinski definition) is 2. The number of methoxy groups -OCH3 is 1. The molecule has 1 heterocycles. The predicted octanol–water partition coefficient (Wildman–Crippen LogP) is 3.31. The van der Waals surface area contributed by atoms with Crippen LogP contribution in [-0.4, -0.2) is 42.5 Å². The van der Waals surface area contributed by atoms with Crippen LogP contribution < -0.4 is 19.5 Å². The van der Waals surface area contributed by atoms with E-state index >= 15 is 0 Å². The van der Waals surface area contributed by atoms with Crippen molar-refractivity contribution in [2.75, 3.05) is 13.7 Å². The molecule has 1 amide bonds. The first kappa shape index (κ1) is 22.9. The average molecular weight is 439 g/mol. The minimum atomic E-state index is -1.09. The zero-order valence-electron chi connectivity index (χ0n) is 18.1. The fourth-order valence-electron chi connectivity index (χ4n) is 3.19. The van der Waals surface area contributed by atoms with E-state index in [0.29, 0.717) is 29.2 Å². The van der Waals surface area contributed by atoms with Crippen LogP contribution in [0.1, 0.15) is 36.2 Å². The summed E-state index contributed by atoms with van der Waals surface area (Å²) in [7, 11) is 1.58. The Balaban J connectivity index is 1.63. The minimum absolute atomic E-state index is 0.115. The summed E-state index contributed by atoms with van der Waals surface area (Å²) in [6.45, 7) is 3.40. The van der Waals surface area contributed by atoms with Gasteiger partial charge in [0.05, 0.1) is 12.7 Å². The average Bonchev–Trinajstić information content (AvgIpc) is 3.06. The second kappa shape index (κ2) is 10.00. The SMILES string of the molecule is COc1ccc(C=C2Oc3cc(OCC(=O)N[C@@H](CC(C)C)C(=O)O)ccc3C2=O)cc1. The van der Waals surface area contributed by atoms with Gasteiger partial charge in [-0.1, -0.05) is 26.0 Å². The van der Waals surface area contributed by atoms with Crippen LogP contribution >= 0.6 is 0 Å². The zero-order valence-corrected chi connectivity index (χ0v) is 18.1. The Hall–Kier alpha value is -3.81. The van der Waals surface area contributed by atoms with Crippen molar-refractivity contribution < 1.29 is 33.7 Å². The van der Waals surface area contributed by atoms with Crippen LogP contribution in [0.3, 0.4) is 0 Å². The Labute approximate surface area is 185 Å². The molecule has 0 radical (unpaired) electrons. The summed E-state index contributed by atoms with van der Waals surface area (Å²) < 4.78 is 16.3. The van der Waals surface area contributed by atoms with Crippen molar-refractivity contribution in [3.63, 3.8) is 0 Å². The summed E-state index contributed by atoms with van der Waals surface area (Å²) >= 11 is 0. The van der Waals surface area contributed by atoms with Crippen LogP contribution in [0.4, 0.5) is 0 Å². The molecule has 0 aliphatic carbocycles. The van der Waals surface area contributed by atoms with Crippen molar-refractivity contribution in [3.8, 4) is 17.2 Å². The smallest absolute Gasteiger partial charge is 0.326 e. The molecule has 1 atom stereocenters. The number of fused-ring (bicyclic) bond motifs is 1. The molecule has 2 N–H and O–H groups in total. The Morgan fingerprint density at radius 1 is 1.12 bits per heavy atom. The zero-order chi connectivity index (χ0) is 23.3. The van der Waals surface area contributed by atoms with Crippen molar-refractivity contribution in [1.82, 2.24) is 5.32 Å². The lowest BCUT2D eigenvalue weighted by molar-refractivity contribution is -0.142. The lowest BCUT2D eigenvalue weighted by Crippen LogP contribution is -2.43. The maximum Gasteiger partial charge on any atom is 0.326 e. The Morgan fingerprint density at radius 2 is 1.81 bits per heavy atom. The summed E-state index contributed by atoms with van der Waals surface area (Å²) in [5, 5.41) is 11.7. The van der Waals surface area contributed by atoms with E-state index in [2.05, 4.69) is 5.32 Å². The third kappa shape index (κ3) is 5.66. The number of carboxylic acids is 1. The number of carboxylic acid groups (broad SMARTS) is 1. The van der Waals surface area contributed by atoms with Gasteiger partial charge in [0.1, 0.15) is 23.3 Å². The predicted molar refractivity (Wildman–Crippen MR) is 117 cm³/mol. The topological polar surface area (TPSA) is 111 Å². The van der Waals surface area contributed by atoms with Crippen LogP contribution in [-0.2, 0) is 9.59 Å². The molecule has 8 heteroatoms. The summed E-state index contributed by atoms with van der Waals surface area (Å²) in [5.74, 6) is -0.230. The van der Waals surface area contributed by atoms with Gasteiger partial charge >= 0.3 is 5.97 Å². The quantitative estimate of drug-likeness (QED) is 0.577. The molecule has 2 aromatic carbocycles. The van der Waals surface area contributed by atoms with E-state index in [0.717, 1.165) is 5.56 Å². The number of Topliss-reactive ketones (excluding diaryl/α,β-unsaturated/α-hetero) is 1. The fraction of sp³-hybridized carbons (Fsp3) is 0.292. The molecule has 0 saturated carbocycles. The summed E-state index contributed by atoms with van der Waals surface area (Å²) in [5.41, 5.74) is 1.17. The number of aliphatic carboxylic acids is 1. The van der Waals surface area contributed by atoms with E-state index in [1.807, 2.05) is 26.0 Å². The van der Waals surface area contributed by atoms with Crippen molar-refractivity contribution >= 4 is 23.7 Å². The molecular formula is C24H25NO7. The highest BCUT2D eigenvalue weighted by Gasteiger charge is 2.28. The minimum Gasteiger partial charge on any atom is -0.497 e. The first-order valence-corrected chi connectivity index (χ1v) is 10.1. The van der Waals surface area contributed by atoms with Gasteiger partial charge in [0.2, 0.25) is 5.78 Å². The highest BCUT2D eigenvalue weighted by Crippen LogP contribution is 2.35. The van der Waals surface area contributed by atoms with Gasteiger partial charge in [-0.25, -0.2) is 4.79 Å². The molecule has 8 nitrogen and oxygen atoms in total. The largest absolute Gasteiger partial charge is 0.497 e. The number of ketones is 1. The molecule has 1 aliphatic heterocycles. The lowest BCUT2D eigenvalue weighted by atomic mass is 10.0. The van der Waals surface area contributed by atoms with Gasteiger partial charge in [-0.3, -0.25) is 9.59 Å². The molecule has 3 rings (SSSR count). The van der Waals surface area contributed by atoms with Gasteiger partial charge in [0, 0.05) is 6.07 Å². The second-order valence-electron chi connectivity index (χ2n) is 7.75. The second-order valence-corrected chi connectivity index (χ2v) is 7.75. The van der Waals surface area contributed by atoms with Gasteiger partial charge < -0.3 is 24.6 Å². The van der Waals surface area contributed by atoms with E-state index in [-0.39, 0.29) is 24.1 Å². The molecule has 32 heavy (non-hydrogen) atoms.